The highest BCUT2D eigenvalue weighted by Gasteiger charge is 2.48. The molecule has 0 aromatic carbocycles. The summed E-state index contributed by atoms with van der Waals surface area (Å²) in [5, 5.41) is 0. The Labute approximate surface area is 255 Å². The molecule has 0 N–H and O–H groups in total. The van der Waals surface area contributed by atoms with E-state index in [1.807, 2.05) is 0 Å². The first kappa shape index (κ1) is 36.8. The lowest BCUT2D eigenvalue weighted by molar-refractivity contribution is -0.162. The summed E-state index contributed by atoms with van der Waals surface area (Å²) in [7, 11) is 1.15. The van der Waals surface area contributed by atoms with Crippen molar-refractivity contribution in [3.63, 3.8) is 0 Å². The van der Waals surface area contributed by atoms with Gasteiger partial charge in [-0.15, -0.1) is 0 Å². The number of halogens is 1. The number of Topliss-reactive ketones (excluding diaryl/α,β-unsaturated/α-hetero) is 2. The Hall–Kier alpha value is -3.23. The molecule has 1 fully saturated rings. The second kappa shape index (κ2) is 18.3. The minimum atomic E-state index is -1.77. The average molecular weight is 707 g/mol. The summed E-state index contributed by atoms with van der Waals surface area (Å²) in [5.41, 5.74) is -3.28. The third-order valence-electron chi connectivity index (χ3n) is 7.07. The molecule has 0 spiro atoms. The SMILES string of the molecule is C=CC(=O)OCC(COC(=O)C=C)(COC(=O)CCC(CC(=O)OC)(C(C)=O)C(=O)C1CCCCC1)COC(=O)I=C. The molecule has 1 aliphatic carbocycles. The van der Waals surface area contributed by atoms with Gasteiger partial charge in [0.25, 0.3) is 0 Å². The highest BCUT2D eigenvalue weighted by atomic mass is 127. The van der Waals surface area contributed by atoms with Crippen LogP contribution in [0, 0.1) is 16.7 Å². The molecule has 42 heavy (non-hydrogen) atoms. The fourth-order valence-corrected chi connectivity index (χ4v) is 4.91. The summed E-state index contributed by atoms with van der Waals surface area (Å²) in [6, 6.07) is 0. The Morgan fingerprint density at radius 2 is 1.33 bits per heavy atom. The van der Waals surface area contributed by atoms with Crippen molar-refractivity contribution in [1.82, 2.24) is 0 Å². The van der Waals surface area contributed by atoms with Crippen molar-refractivity contribution >= 4 is 64.7 Å². The third-order valence-corrected chi connectivity index (χ3v) is 8.00. The number of ketones is 2. The predicted molar refractivity (Wildman–Crippen MR) is 159 cm³/mol. The number of carbonyl (C=O) groups is 7. The summed E-state index contributed by atoms with van der Waals surface area (Å²) in [6.07, 6.45) is 4.34. The fraction of sp³-hybridized carbons (Fsp3) is 0.586. The maximum absolute atomic E-state index is 13.6. The molecular weight excluding hydrogens is 667 g/mol. The third kappa shape index (κ3) is 11.6. The first-order chi connectivity index (χ1) is 19.9. The molecule has 12 nitrogen and oxygen atoms in total. The van der Waals surface area contributed by atoms with Gasteiger partial charge in [0.1, 0.15) is 43.4 Å². The van der Waals surface area contributed by atoms with Crippen molar-refractivity contribution in [1.29, 1.82) is 0 Å². The van der Waals surface area contributed by atoms with Gasteiger partial charge in [-0.25, -0.2) is 14.4 Å². The molecule has 0 aliphatic heterocycles. The van der Waals surface area contributed by atoms with Gasteiger partial charge >= 0.3 is 27.9 Å². The molecule has 0 aromatic rings. The Morgan fingerprint density at radius 1 is 0.810 bits per heavy atom. The van der Waals surface area contributed by atoms with Crippen LogP contribution < -0.4 is 0 Å². The smallest absolute Gasteiger partial charge is 0.360 e. The minimum Gasteiger partial charge on any atom is -0.469 e. The molecule has 1 saturated carbocycles. The molecule has 0 bridgehead atoms. The monoisotopic (exact) mass is 706 g/mol. The zero-order valence-electron chi connectivity index (χ0n) is 24.1. The van der Waals surface area contributed by atoms with Crippen LogP contribution in [0.1, 0.15) is 58.3 Å². The van der Waals surface area contributed by atoms with Crippen LogP contribution in [0.4, 0.5) is 4.79 Å². The summed E-state index contributed by atoms with van der Waals surface area (Å²) in [6.45, 7) is 5.86. The molecule has 13 heteroatoms. The Morgan fingerprint density at radius 3 is 1.81 bits per heavy atom. The normalized spacial score (nSPS) is 14.8. The fourth-order valence-electron chi connectivity index (χ4n) is 4.53. The van der Waals surface area contributed by atoms with Crippen LogP contribution in [0.25, 0.3) is 0 Å². The maximum Gasteiger partial charge on any atom is 0.360 e. The Kier molecular flexibility index (Phi) is 16.1. The van der Waals surface area contributed by atoms with E-state index in [-0.39, 0.29) is 6.42 Å². The van der Waals surface area contributed by atoms with Crippen molar-refractivity contribution in [2.75, 3.05) is 33.5 Å². The summed E-state index contributed by atoms with van der Waals surface area (Å²) in [4.78, 5) is 87.3. The van der Waals surface area contributed by atoms with E-state index in [4.69, 9.17) is 23.7 Å². The van der Waals surface area contributed by atoms with Crippen LogP contribution >= 0.6 is 20.7 Å². The lowest BCUT2D eigenvalue weighted by atomic mass is 9.67. The first-order valence-corrected chi connectivity index (χ1v) is 15.9. The highest BCUT2D eigenvalue weighted by Crippen LogP contribution is 2.39. The Bertz CT molecular complexity index is 999. The van der Waals surface area contributed by atoms with Crippen molar-refractivity contribution < 1.29 is 57.2 Å². The van der Waals surface area contributed by atoms with Crippen LogP contribution in [-0.4, -0.2) is 77.5 Å². The van der Waals surface area contributed by atoms with Crippen LogP contribution in [-0.2, 0) is 52.5 Å². The van der Waals surface area contributed by atoms with Gasteiger partial charge in [0.15, 0.2) is 0 Å². The van der Waals surface area contributed by atoms with Gasteiger partial charge in [-0.3, -0.25) is 19.2 Å². The van der Waals surface area contributed by atoms with E-state index in [1.165, 1.54) is 6.92 Å². The van der Waals surface area contributed by atoms with E-state index in [1.54, 1.807) is 0 Å². The molecule has 234 valence electrons. The van der Waals surface area contributed by atoms with Crippen molar-refractivity contribution in [3.8, 4) is 0 Å². The zero-order valence-corrected chi connectivity index (χ0v) is 26.3. The van der Waals surface area contributed by atoms with Crippen LogP contribution in [0.3, 0.4) is 0 Å². The summed E-state index contributed by atoms with van der Waals surface area (Å²) < 4.78 is 28.6. The van der Waals surface area contributed by atoms with Gasteiger partial charge in [-0.2, -0.15) is 0 Å². The molecule has 0 radical (unpaired) electrons. The standard InChI is InChI=1S/C29H39IO12/c1-6-22(32)39-16-28(17-40-23(33)7-2,19-42-27(37)30-4)18-41-24(34)13-14-29(20(3)31,15-25(35)38-5)26(36)21-11-9-8-10-12-21/h6-7,21H,1-2,4,8-19H2,3,5H3. The molecule has 1 atom stereocenters. The van der Waals surface area contributed by atoms with Crippen LogP contribution in [0.5, 0.6) is 0 Å². The van der Waals surface area contributed by atoms with Crippen LogP contribution in [0.2, 0.25) is 0 Å². The molecule has 0 heterocycles. The molecule has 0 aromatic heterocycles. The molecule has 0 amide bonds. The largest absolute Gasteiger partial charge is 0.469 e. The number of ether oxygens (including phenoxy) is 5. The number of methoxy groups -OCH3 is 1. The topological polar surface area (TPSA) is 166 Å². The highest BCUT2D eigenvalue weighted by molar-refractivity contribution is 14.2. The van der Waals surface area contributed by atoms with Gasteiger partial charge in [0.2, 0.25) is 0 Å². The molecule has 0 saturated heterocycles. The molecule has 1 rings (SSSR count). The molecule has 1 unspecified atom stereocenters. The van der Waals surface area contributed by atoms with Crippen LogP contribution in [0.15, 0.2) is 25.3 Å². The van der Waals surface area contributed by atoms with E-state index < -0.39 is 116 Å². The van der Waals surface area contributed by atoms with Gasteiger partial charge in [-0.05, 0) is 46.9 Å². The van der Waals surface area contributed by atoms with Gasteiger partial charge < -0.3 is 23.7 Å². The molecular formula is C29H39IO12. The quantitative estimate of drug-likeness (QED) is 0.0480. The van der Waals surface area contributed by atoms with E-state index in [0.717, 1.165) is 38.5 Å². The minimum absolute atomic E-state index is 0.295. The predicted octanol–water partition coefficient (Wildman–Crippen LogP) is 3.58. The molecule has 1 aliphatic rings. The van der Waals surface area contributed by atoms with Crippen molar-refractivity contribution in [2.24, 2.45) is 16.7 Å². The lowest BCUT2D eigenvalue weighted by Crippen LogP contribution is -2.45. The van der Waals surface area contributed by atoms with Gasteiger partial charge in [-0.1, -0.05) is 36.9 Å². The zero-order chi connectivity index (χ0) is 31.8. The van der Waals surface area contributed by atoms with E-state index in [0.29, 0.717) is 12.8 Å². The first-order valence-electron chi connectivity index (χ1n) is 13.3. The van der Waals surface area contributed by atoms with E-state index in [2.05, 4.69) is 17.7 Å². The summed E-state index contributed by atoms with van der Waals surface area (Å²) in [5.74, 6) is -4.63. The van der Waals surface area contributed by atoms with Crippen molar-refractivity contribution in [2.45, 2.75) is 58.3 Å². The number of esters is 4. The summed E-state index contributed by atoms with van der Waals surface area (Å²) >= 11 is -1.20. The van der Waals surface area contributed by atoms with Gasteiger partial charge in [0.05, 0.1) is 18.9 Å². The van der Waals surface area contributed by atoms with E-state index >= 15 is 0 Å². The Balaban J connectivity index is 3.20. The average Bonchev–Trinajstić information content (AvgIpc) is 3.01. The number of hydrogen-bond donors (Lipinski definition) is 0. The second-order valence-electron chi connectivity index (χ2n) is 10.0. The lowest BCUT2D eigenvalue weighted by Gasteiger charge is -2.34. The number of rotatable bonds is 19. The number of hydrogen-bond acceptors (Lipinski definition) is 12. The maximum atomic E-state index is 13.6. The van der Waals surface area contributed by atoms with Crippen molar-refractivity contribution in [3.05, 3.63) is 25.3 Å². The number of carbonyl (C=O) groups excluding carboxylic acids is 7. The van der Waals surface area contributed by atoms with E-state index in [9.17, 15) is 33.6 Å². The second-order valence-corrected chi connectivity index (χ2v) is 11.7. The van der Waals surface area contributed by atoms with Gasteiger partial charge in [0, 0.05) is 24.5 Å².